The van der Waals surface area contributed by atoms with E-state index in [9.17, 15) is 24.3 Å². The number of rotatable bonds is 6. The van der Waals surface area contributed by atoms with Gasteiger partial charge in [-0.25, -0.2) is 9.59 Å². The maximum atomic E-state index is 13.0. The lowest BCUT2D eigenvalue weighted by Crippen LogP contribution is -2.42. The second kappa shape index (κ2) is 9.32. The van der Waals surface area contributed by atoms with Crippen LogP contribution in [0.5, 0.6) is 0 Å². The normalized spacial score (nSPS) is 20.3. The van der Waals surface area contributed by atoms with Gasteiger partial charge in [-0.05, 0) is 46.6 Å². The predicted octanol–water partition coefficient (Wildman–Crippen LogP) is 3.76. The van der Waals surface area contributed by atoms with E-state index in [-0.39, 0.29) is 49.3 Å². The standard InChI is InChI=1S/C29H32N2O6/c1-16(2)22(30-28(36)37-3)13-18-8-9-20-19-7-5-4-6-17(19)12-21(20)26(18)31-15-29(14-23(31)27(34)35)24(32)10-11-25(29)33/h4-9,16,22-23H,10-15H2,1-3H3,(H,30,36)(H,34,35)/t22-,23?/m0/s1. The molecule has 2 atom stereocenters. The second-order valence-corrected chi connectivity index (χ2v) is 10.7. The summed E-state index contributed by atoms with van der Waals surface area (Å²) < 4.78 is 4.84. The maximum absolute atomic E-state index is 13.0. The number of alkyl carbamates (subject to hydrolysis) is 1. The van der Waals surface area contributed by atoms with E-state index in [1.165, 1.54) is 7.11 Å². The first-order valence-corrected chi connectivity index (χ1v) is 12.8. The molecule has 2 fully saturated rings. The van der Waals surface area contributed by atoms with Gasteiger partial charge in [-0.2, -0.15) is 0 Å². The number of aliphatic carboxylic acids is 1. The predicted molar refractivity (Wildman–Crippen MR) is 138 cm³/mol. The highest BCUT2D eigenvalue weighted by Gasteiger charge is 2.58. The molecule has 1 saturated heterocycles. The van der Waals surface area contributed by atoms with E-state index in [0.717, 1.165) is 33.5 Å². The zero-order valence-corrected chi connectivity index (χ0v) is 21.4. The van der Waals surface area contributed by atoms with Gasteiger partial charge in [0.05, 0.1) is 7.11 Å². The molecule has 2 N–H and O–H groups in total. The quantitative estimate of drug-likeness (QED) is 0.492. The average molecular weight is 505 g/mol. The highest BCUT2D eigenvalue weighted by molar-refractivity contribution is 6.14. The van der Waals surface area contributed by atoms with Crippen molar-refractivity contribution in [3.05, 3.63) is 53.1 Å². The molecule has 5 rings (SSSR count). The number of amides is 1. The summed E-state index contributed by atoms with van der Waals surface area (Å²) >= 11 is 0. The summed E-state index contributed by atoms with van der Waals surface area (Å²) in [5, 5.41) is 13.2. The van der Waals surface area contributed by atoms with Crippen molar-refractivity contribution < 1.29 is 29.0 Å². The summed E-state index contributed by atoms with van der Waals surface area (Å²) in [6.07, 6.45) is 0.877. The number of hydrogen-bond acceptors (Lipinski definition) is 6. The van der Waals surface area contributed by atoms with Crippen LogP contribution in [0, 0.1) is 11.3 Å². The summed E-state index contributed by atoms with van der Waals surface area (Å²) in [6, 6.07) is 10.9. The Morgan fingerprint density at radius 1 is 1.11 bits per heavy atom. The molecule has 1 heterocycles. The molecular weight excluding hydrogens is 472 g/mol. The van der Waals surface area contributed by atoms with E-state index in [0.29, 0.717) is 12.8 Å². The number of Topliss-reactive ketones (excluding diaryl/α,β-unsaturated/α-hetero) is 2. The Morgan fingerprint density at radius 2 is 1.81 bits per heavy atom. The average Bonchev–Trinajstić information content (AvgIpc) is 3.53. The van der Waals surface area contributed by atoms with Crippen LogP contribution in [0.2, 0.25) is 0 Å². The van der Waals surface area contributed by atoms with E-state index in [1.807, 2.05) is 32.0 Å². The van der Waals surface area contributed by atoms with Crippen molar-refractivity contribution in [3.63, 3.8) is 0 Å². The number of ketones is 2. The molecule has 194 valence electrons. The minimum atomic E-state index is -1.27. The third-order valence-corrected chi connectivity index (χ3v) is 8.35. The summed E-state index contributed by atoms with van der Waals surface area (Å²) in [7, 11) is 1.32. The molecule has 1 amide bonds. The Kier molecular flexibility index (Phi) is 6.30. The molecular formula is C29H32N2O6. The molecule has 0 aromatic heterocycles. The molecule has 2 aromatic rings. The second-order valence-electron chi connectivity index (χ2n) is 10.7. The van der Waals surface area contributed by atoms with Gasteiger partial charge in [0.1, 0.15) is 23.0 Å². The molecule has 37 heavy (non-hydrogen) atoms. The van der Waals surface area contributed by atoms with Gasteiger partial charge in [0.2, 0.25) is 0 Å². The van der Waals surface area contributed by atoms with Crippen molar-refractivity contribution >= 4 is 29.3 Å². The number of carbonyl (C=O) groups excluding carboxylic acids is 3. The third-order valence-electron chi connectivity index (χ3n) is 8.35. The zero-order chi connectivity index (χ0) is 26.5. The van der Waals surface area contributed by atoms with Crippen molar-refractivity contribution in [2.24, 2.45) is 11.3 Å². The minimum absolute atomic E-state index is 0.00985. The lowest BCUT2D eigenvalue weighted by molar-refractivity contribution is -0.139. The van der Waals surface area contributed by atoms with Crippen LogP contribution in [0.4, 0.5) is 10.5 Å². The van der Waals surface area contributed by atoms with Gasteiger partial charge >= 0.3 is 12.1 Å². The molecule has 3 aliphatic rings. The first kappa shape index (κ1) is 25.0. The zero-order valence-electron chi connectivity index (χ0n) is 21.4. The first-order chi connectivity index (χ1) is 17.7. The highest BCUT2D eigenvalue weighted by Crippen LogP contribution is 2.50. The van der Waals surface area contributed by atoms with E-state index in [2.05, 4.69) is 23.5 Å². The van der Waals surface area contributed by atoms with Crippen molar-refractivity contribution in [3.8, 4) is 11.1 Å². The summed E-state index contributed by atoms with van der Waals surface area (Å²) in [4.78, 5) is 52.4. The van der Waals surface area contributed by atoms with Gasteiger partial charge in [-0.3, -0.25) is 9.59 Å². The number of nitrogens with one attached hydrogen (secondary N) is 1. The summed E-state index contributed by atoms with van der Waals surface area (Å²) in [5.74, 6) is -1.28. The number of carboxylic acid groups (broad SMARTS) is 1. The largest absolute Gasteiger partial charge is 0.480 e. The minimum Gasteiger partial charge on any atom is -0.480 e. The van der Waals surface area contributed by atoms with Gasteiger partial charge in [-0.1, -0.05) is 50.2 Å². The smallest absolute Gasteiger partial charge is 0.407 e. The van der Waals surface area contributed by atoms with Gasteiger partial charge < -0.3 is 20.1 Å². The van der Waals surface area contributed by atoms with E-state index < -0.39 is 23.5 Å². The Bertz CT molecular complexity index is 1280. The molecule has 1 saturated carbocycles. The molecule has 8 heteroatoms. The van der Waals surface area contributed by atoms with Crippen LogP contribution in [0.3, 0.4) is 0 Å². The van der Waals surface area contributed by atoms with Gasteiger partial charge in [-0.15, -0.1) is 0 Å². The Balaban J connectivity index is 1.65. The molecule has 2 aliphatic carbocycles. The van der Waals surface area contributed by atoms with Crippen LogP contribution in [-0.4, -0.2) is 54.5 Å². The van der Waals surface area contributed by atoms with Crippen LogP contribution in [0.15, 0.2) is 36.4 Å². The third kappa shape index (κ3) is 4.08. The summed E-state index contributed by atoms with van der Waals surface area (Å²) in [5.41, 5.74) is 4.66. The summed E-state index contributed by atoms with van der Waals surface area (Å²) in [6.45, 7) is 4.08. The number of anilines is 1. The SMILES string of the molecule is COC(=O)N[C@@H](Cc1ccc2c(c1N1CC3(CC1C(=O)O)C(=O)CCC3=O)Cc1ccccc1-2)C(C)C. The van der Waals surface area contributed by atoms with Crippen LogP contribution in [0.1, 0.15) is 49.8 Å². The number of ether oxygens (including phenoxy) is 1. The number of carbonyl (C=O) groups is 4. The van der Waals surface area contributed by atoms with Gasteiger partial charge in [0.15, 0.2) is 0 Å². The number of nitrogens with zero attached hydrogens (tertiary/aromatic N) is 1. The van der Waals surface area contributed by atoms with Crippen LogP contribution < -0.4 is 10.2 Å². The van der Waals surface area contributed by atoms with Crippen LogP contribution >= 0.6 is 0 Å². The van der Waals surface area contributed by atoms with Gasteiger partial charge in [0.25, 0.3) is 0 Å². The molecule has 0 radical (unpaired) electrons. The fourth-order valence-corrected chi connectivity index (χ4v) is 6.29. The monoisotopic (exact) mass is 504 g/mol. The maximum Gasteiger partial charge on any atom is 0.407 e. The lowest BCUT2D eigenvalue weighted by Gasteiger charge is -2.31. The van der Waals surface area contributed by atoms with Crippen molar-refractivity contribution in [2.75, 3.05) is 18.6 Å². The van der Waals surface area contributed by atoms with E-state index in [1.54, 1.807) is 4.90 Å². The van der Waals surface area contributed by atoms with Crippen LogP contribution in [0.25, 0.3) is 11.1 Å². The Labute approximate surface area is 216 Å². The first-order valence-electron chi connectivity index (χ1n) is 12.8. The molecule has 1 aliphatic heterocycles. The Morgan fingerprint density at radius 3 is 2.46 bits per heavy atom. The molecule has 8 nitrogen and oxygen atoms in total. The highest BCUT2D eigenvalue weighted by atomic mass is 16.5. The topological polar surface area (TPSA) is 113 Å². The van der Waals surface area contributed by atoms with E-state index in [4.69, 9.17) is 4.74 Å². The lowest BCUT2D eigenvalue weighted by atomic mass is 9.82. The van der Waals surface area contributed by atoms with Crippen molar-refractivity contribution in [1.29, 1.82) is 0 Å². The van der Waals surface area contributed by atoms with Gasteiger partial charge in [0, 0.05) is 37.5 Å². The molecule has 1 spiro atoms. The Hall–Kier alpha value is -3.68. The molecule has 0 bridgehead atoms. The van der Waals surface area contributed by atoms with Crippen molar-refractivity contribution in [2.45, 2.75) is 58.0 Å². The fourth-order valence-electron chi connectivity index (χ4n) is 6.29. The number of fused-ring (bicyclic) bond motifs is 3. The van der Waals surface area contributed by atoms with E-state index >= 15 is 0 Å². The number of methoxy groups -OCH3 is 1. The van der Waals surface area contributed by atoms with Crippen molar-refractivity contribution in [1.82, 2.24) is 5.32 Å². The number of benzene rings is 2. The number of hydrogen-bond donors (Lipinski definition) is 2. The van der Waals surface area contributed by atoms with Crippen LogP contribution in [-0.2, 0) is 32.0 Å². The molecule has 1 unspecified atom stereocenters. The fraction of sp³-hybridized carbons (Fsp3) is 0.448. The molecule has 2 aromatic carbocycles. The number of carboxylic acids is 1.